The third-order valence-corrected chi connectivity index (χ3v) is 3.64. The summed E-state index contributed by atoms with van der Waals surface area (Å²) in [6.45, 7) is 0. The van der Waals surface area contributed by atoms with Crippen LogP contribution >= 0.6 is 11.8 Å². The van der Waals surface area contributed by atoms with E-state index in [4.69, 9.17) is 4.42 Å². The molecule has 2 heteroatoms. The van der Waals surface area contributed by atoms with Crippen LogP contribution in [0.2, 0.25) is 0 Å². The Hall–Kier alpha value is -1.67. The molecule has 17 heavy (non-hydrogen) atoms. The van der Waals surface area contributed by atoms with Crippen LogP contribution in [0, 0.1) is 0 Å². The van der Waals surface area contributed by atoms with Gasteiger partial charge in [-0.05, 0) is 24.3 Å². The molecule has 1 aromatic heterocycles. The number of hydrogen-bond donors (Lipinski definition) is 0. The van der Waals surface area contributed by atoms with Crippen molar-refractivity contribution in [1.29, 1.82) is 0 Å². The van der Waals surface area contributed by atoms with Crippen LogP contribution in [0.1, 0.15) is 5.76 Å². The zero-order chi connectivity index (χ0) is 11.5. The van der Waals surface area contributed by atoms with Crippen molar-refractivity contribution in [2.75, 3.05) is 0 Å². The zero-order valence-corrected chi connectivity index (χ0v) is 10.1. The molecule has 1 nitrogen and oxygen atoms in total. The van der Waals surface area contributed by atoms with Crippen LogP contribution in [0.3, 0.4) is 0 Å². The Kier molecular flexibility index (Phi) is 2.88. The monoisotopic (exact) mass is 240 g/mol. The van der Waals surface area contributed by atoms with E-state index in [2.05, 4.69) is 36.4 Å². The van der Waals surface area contributed by atoms with Crippen molar-refractivity contribution in [2.45, 2.75) is 10.6 Å². The average Bonchev–Trinajstić information content (AvgIpc) is 2.80. The fourth-order valence-electron chi connectivity index (χ4n) is 1.78. The first-order chi connectivity index (χ1) is 8.42. The highest BCUT2D eigenvalue weighted by atomic mass is 32.2. The van der Waals surface area contributed by atoms with Gasteiger partial charge in [0.2, 0.25) is 0 Å². The first-order valence-electron chi connectivity index (χ1n) is 5.57. The minimum Gasteiger partial charge on any atom is -0.460 e. The Balaban J connectivity index is 1.77. The van der Waals surface area contributed by atoms with E-state index >= 15 is 0 Å². The highest BCUT2D eigenvalue weighted by Gasteiger charge is 2.03. The van der Waals surface area contributed by atoms with E-state index in [0.717, 1.165) is 17.1 Å². The van der Waals surface area contributed by atoms with Gasteiger partial charge in [-0.1, -0.05) is 36.4 Å². The van der Waals surface area contributed by atoms with E-state index < -0.39 is 0 Å². The molecule has 84 valence electrons. The molecule has 0 N–H and O–H groups in total. The molecular weight excluding hydrogens is 228 g/mol. The maximum Gasteiger partial charge on any atom is 0.134 e. The van der Waals surface area contributed by atoms with Crippen molar-refractivity contribution in [3.05, 3.63) is 66.4 Å². The highest BCUT2D eigenvalue weighted by molar-refractivity contribution is 7.98. The second-order valence-corrected chi connectivity index (χ2v) is 4.90. The number of hydrogen-bond acceptors (Lipinski definition) is 2. The average molecular weight is 240 g/mol. The van der Waals surface area contributed by atoms with Gasteiger partial charge >= 0.3 is 0 Å². The summed E-state index contributed by atoms with van der Waals surface area (Å²) in [5.41, 5.74) is 0.969. The maximum atomic E-state index is 5.77. The van der Waals surface area contributed by atoms with Crippen molar-refractivity contribution in [3.8, 4) is 0 Å². The minimum absolute atomic E-state index is 0.874. The van der Waals surface area contributed by atoms with Crippen molar-refractivity contribution in [2.24, 2.45) is 0 Å². The molecule has 1 heterocycles. The van der Waals surface area contributed by atoms with Crippen molar-refractivity contribution < 1.29 is 4.42 Å². The van der Waals surface area contributed by atoms with Crippen LogP contribution < -0.4 is 0 Å². The summed E-state index contributed by atoms with van der Waals surface area (Å²) < 4.78 is 5.77. The molecule has 0 atom stereocenters. The first kappa shape index (κ1) is 10.5. The van der Waals surface area contributed by atoms with E-state index in [9.17, 15) is 0 Å². The molecule has 2 aromatic carbocycles. The maximum absolute atomic E-state index is 5.77. The van der Waals surface area contributed by atoms with Gasteiger partial charge in [0.05, 0.1) is 5.75 Å². The van der Waals surface area contributed by atoms with Crippen LogP contribution in [0.4, 0.5) is 0 Å². The van der Waals surface area contributed by atoms with Gasteiger partial charge in [0.25, 0.3) is 0 Å². The third kappa shape index (κ3) is 2.37. The molecule has 3 rings (SSSR count). The SMILES string of the molecule is c1ccc(SCc2cc3ccccc3o2)cc1. The topological polar surface area (TPSA) is 13.1 Å². The smallest absolute Gasteiger partial charge is 0.134 e. The van der Waals surface area contributed by atoms with E-state index in [0.29, 0.717) is 0 Å². The summed E-state index contributed by atoms with van der Waals surface area (Å²) in [5, 5.41) is 1.18. The summed E-state index contributed by atoms with van der Waals surface area (Å²) >= 11 is 1.80. The lowest BCUT2D eigenvalue weighted by Gasteiger charge is -1.97. The Morgan fingerprint density at radius 3 is 2.47 bits per heavy atom. The van der Waals surface area contributed by atoms with E-state index in [1.54, 1.807) is 11.8 Å². The lowest BCUT2D eigenvalue weighted by molar-refractivity contribution is 0.574. The summed E-state index contributed by atoms with van der Waals surface area (Å²) in [7, 11) is 0. The van der Waals surface area contributed by atoms with Gasteiger partial charge in [-0.15, -0.1) is 11.8 Å². The van der Waals surface area contributed by atoms with E-state index in [1.807, 2.05) is 24.3 Å². The van der Waals surface area contributed by atoms with Crippen LogP contribution in [0.15, 0.2) is 70.0 Å². The fourth-order valence-corrected chi connectivity index (χ4v) is 2.58. The Labute approximate surface area is 104 Å². The quantitative estimate of drug-likeness (QED) is 0.614. The lowest BCUT2D eigenvalue weighted by Crippen LogP contribution is -1.74. The van der Waals surface area contributed by atoms with Gasteiger partial charge in [-0.2, -0.15) is 0 Å². The zero-order valence-electron chi connectivity index (χ0n) is 9.30. The normalized spacial score (nSPS) is 10.8. The van der Waals surface area contributed by atoms with Crippen LogP contribution in [-0.4, -0.2) is 0 Å². The third-order valence-electron chi connectivity index (χ3n) is 2.60. The Morgan fingerprint density at radius 2 is 1.65 bits per heavy atom. The predicted octanol–water partition coefficient (Wildman–Crippen LogP) is 4.73. The van der Waals surface area contributed by atoms with Gasteiger partial charge in [0.1, 0.15) is 11.3 Å². The Morgan fingerprint density at radius 1 is 0.882 bits per heavy atom. The van der Waals surface area contributed by atoms with Gasteiger partial charge < -0.3 is 4.42 Å². The molecular formula is C15H12OS. The molecule has 0 aliphatic heterocycles. The summed E-state index contributed by atoms with van der Waals surface area (Å²) in [6.07, 6.45) is 0. The summed E-state index contributed by atoms with van der Waals surface area (Å²) in [4.78, 5) is 1.27. The first-order valence-corrected chi connectivity index (χ1v) is 6.56. The van der Waals surface area contributed by atoms with Gasteiger partial charge in [-0.3, -0.25) is 0 Å². The van der Waals surface area contributed by atoms with Gasteiger partial charge in [0.15, 0.2) is 0 Å². The lowest BCUT2D eigenvalue weighted by atomic mass is 10.2. The summed E-state index contributed by atoms with van der Waals surface area (Å²) in [5.74, 6) is 1.90. The minimum atomic E-state index is 0.874. The number of rotatable bonds is 3. The second-order valence-electron chi connectivity index (χ2n) is 3.85. The molecule has 0 unspecified atom stereocenters. The van der Waals surface area contributed by atoms with Crippen molar-refractivity contribution in [3.63, 3.8) is 0 Å². The van der Waals surface area contributed by atoms with Crippen molar-refractivity contribution in [1.82, 2.24) is 0 Å². The summed E-state index contributed by atoms with van der Waals surface area (Å²) in [6, 6.07) is 20.6. The number of thioether (sulfide) groups is 1. The molecule has 0 fully saturated rings. The molecule has 0 bridgehead atoms. The van der Waals surface area contributed by atoms with Crippen LogP contribution in [0.5, 0.6) is 0 Å². The Bertz CT molecular complexity index is 580. The van der Waals surface area contributed by atoms with E-state index in [-0.39, 0.29) is 0 Å². The molecule has 0 aliphatic carbocycles. The highest BCUT2D eigenvalue weighted by Crippen LogP contribution is 2.26. The van der Waals surface area contributed by atoms with Crippen LogP contribution in [0.25, 0.3) is 11.0 Å². The standard InChI is InChI=1S/C15H12OS/c1-2-7-14(8-3-1)17-11-13-10-12-6-4-5-9-15(12)16-13/h1-10H,11H2. The molecule has 3 aromatic rings. The molecule has 0 saturated carbocycles. The number of furan rings is 1. The molecule has 0 spiro atoms. The molecule has 0 amide bonds. The van der Waals surface area contributed by atoms with Crippen LogP contribution in [-0.2, 0) is 5.75 Å². The molecule has 0 radical (unpaired) electrons. The number of fused-ring (bicyclic) bond motifs is 1. The largest absolute Gasteiger partial charge is 0.460 e. The number of para-hydroxylation sites is 1. The number of benzene rings is 2. The molecule has 0 saturated heterocycles. The van der Waals surface area contributed by atoms with Crippen molar-refractivity contribution >= 4 is 22.7 Å². The van der Waals surface area contributed by atoms with Gasteiger partial charge in [-0.25, -0.2) is 0 Å². The molecule has 0 aliphatic rings. The second kappa shape index (κ2) is 4.68. The van der Waals surface area contributed by atoms with E-state index in [1.165, 1.54) is 10.3 Å². The van der Waals surface area contributed by atoms with Gasteiger partial charge in [0, 0.05) is 10.3 Å². The fraction of sp³-hybridized carbons (Fsp3) is 0.0667. The predicted molar refractivity (Wildman–Crippen MR) is 72.2 cm³/mol.